The lowest BCUT2D eigenvalue weighted by atomic mass is 9.96. The maximum absolute atomic E-state index is 11.6. The normalized spacial score (nSPS) is 29.3. The minimum atomic E-state index is -0.997. The average Bonchev–Trinajstić information content (AvgIpc) is 3.00. The minimum Gasteiger partial charge on any atom is -0.479 e. The van der Waals surface area contributed by atoms with Crippen molar-refractivity contribution in [2.45, 2.75) is 44.7 Å². The molecule has 0 spiro atoms. The second-order valence-electron chi connectivity index (χ2n) is 5.05. The number of amides is 1. The molecule has 0 radical (unpaired) electrons. The third kappa shape index (κ3) is 2.04. The molecule has 96 valence electrons. The highest BCUT2D eigenvalue weighted by Gasteiger charge is 2.52. The molecule has 1 heterocycles. The number of carbonyl (C=O) groups is 2. The van der Waals surface area contributed by atoms with Gasteiger partial charge in [0.15, 0.2) is 5.54 Å². The molecule has 0 aromatic heterocycles. The molecule has 2 fully saturated rings. The Morgan fingerprint density at radius 2 is 2.12 bits per heavy atom. The van der Waals surface area contributed by atoms with Gasteiger partial charge < -0.3 is 10.0 Å². The highest BCUT2D eigenvalue weighted by atomic mass is 16.4. The molecule has 1 unspecified atom stereocenters. The molecule has 1 saturated heterocycles. The summed E-state index contributed by atoms with van der Waals surface area (Å²) in [6.07, 6.45) is 2.88. The van der Waals surface area contributed by atoms with Crippen molar-refractivity contribution < 1.29 is 14.7 Å². The largest absolute Gasteiger partial charge is 0.479 e. The summed E-state index contributed by atoms with van der Waals surface area (Å²) in [7, 11) is 0. The predicted octanol–water partition coefficient (Wildman–Crippen LogP) is 0.546. The summed E-state index contributed by atoms with van der Waals surface area (Å²) in [5, 5.41) is 9.51. The Kier molecular flexibility index (Phi) is 3.12. The summed E-state index contributed by atoms with van der Waals surface area (Å²) in [4.78, 5) is 26.9. The zero-order chi connectivity index (χ0) is 12.6. The average molecular weight is 240 g/mol. The number of likely N-dealkylation sites (N-methyl/N-ethyl adjacent to an activating group) is 1. The van der Waals surface area contributed by atoms with Gasteiger partial charge in [0, 0.05) is 32.6 Å². The van der Waals surface area contributed by atoms with Crippen LogP contribution >= 0.6 is 0 Å². The van der Waals surface area contributed by atoms with E-state index < -0.39 is 11.5 Å². The molecule has 1 saturated carbocycles. The van der Waals surface area contributed by atoms with Crippen molar-refractivity contribution in [3.05, 3.63) is 0 Å². The van der Waals surface area contributed by atoms with Crippen molar-refractivity contribution in [3.63, 3.8) is 0 Å². The molecule has 5 nitrogen and oxygen atoms in total. The van der Waals surface area contributed by atoms with Gasteiger partial charge in [0.1, 0.15) is 0 Å². The van der Waals surface area contributed by atoms with Gasteiger partial charge in [0.05, 0.1) is 0 Å². The molecule has 5 heteroatoms. The Bertz CT molecular complexity index is 341. The van der Waals surface area contributed by atoms with Gasteiger partial charge in [-0.3, -0.25) is 9.69 Å². The number of likely N-dealkylation sites (tertiary alicyclic amines) is 1. The maximum Gasteiger partial charge on any atom is 0.331 e. The first-order valence-corrected chi connectivity index (χ1v) is 6.27. The van der Waals surface area contributed by atoms with Gasteiger partial charge in [-0.2, -0.15) is 0 Å². The fraction of sp³-hybridized carbons (Fsp3) is 0.833. The molecule has 1 aliphatic carbocycles. The number of carbonyl (C=O) groups excluding carboxylic acids is 1. The van der Waals surface area contributed by atoms with E-state index in [4.69, 9.17) is 0 Å². The summed E-state index contributed by atoms with van der Waals surface area (Å²) < 4.78 is 0. The van der Waals surface area contributed by atoms with E-state index in [1.54, 1.807) is 0 Å². The van der Waals surface area contributed by atoms with E-state index in [9.17, 15) is 14.7 Å². The quantitative estimate of drug-likeness (QED) is 0.779. The van der Waals surface area contributed by atoms with Crippen LogP contribution in [0.15, 0.2) is 0 Å². The number of carboxylic acids is 1. The molecule has 0 aromatic rings. The molecule has 1 aliphatic heterocycles. The molecule has 0 bridgehead atoms. The molecule has 2 aliphatic rings. The molecule has 1 atom stereocenters. The number of carboxylic acid groups (broad SMARTS) is 1. The van der Waals surface area contributed by atoms with E-state index in [0.717, 1.165) is 6.54 Å². The van der Waals surface area contributed by atoms with Gasteiger partial charge >= 0.3 is 5.97 Å². The fourth-order valence-electron chi connectivity index (χ4n) is 2.91. The summed E-state index contributed by atoms with van der Waals surface area (Å²) in [6.45, 7) is 5.03. The summed E-state index contributed by atoms with van der Waals surface area (Å²) in [6, 6.07) is 0.557. The lowest BCUT2D eigenvalue weighted by Gasteiger charge is -2.36. The SMILES string of the molecule is CCN(C(C)=O)C1(C(=O)O)CCN(C2CC2)C1. The molecular formula is C12H20N2O3. The zero-order valence-electron chi connectivity index (χ0n) is 10.5. The Hall–Kier alpha value is -1.10. The van der Waals surface area contributed by atoms with Gasteiger partial charge in [0.25, 0.3) is 0 Å². The first-order chi connectivity index (χ1) is 8.01. The van der Waals surface area contributed by atoms with Crippen LogP contribution in [0, 0.1) is 0 Å². The summed E-state index contributed by atoms with van der Waals surface area (Å²) in [5.41, 5.74) is -0.997. The molecule has 0 aromatic carbocycles. The molecular weight excluding hydrogens is 220 g/mol. The van der Waals surface area contributed by atoms with Crippen LogP contribution in [0.1, 0.15) is 33.1 Å². The van der Waals surface area contributed by atoms with E-state index in [0.29, 0.717) is 25.6 Å². The fourth-order valence-corrected chi connectivity index (χ4v) is 2.91. The van der Waals surface area contributed by atoms with Crippen LogP contribution in [-0.2, 0) is 9.59 Å². The number of hydrogen-bond donors (Lipinski definition) is 1. The van der Waals surface area contributed by atoms with E-state index >= 15 is 0 Å². The maximum atomic E-state index is 11.6. The highest BCUT2D eigenvalue weighted by Crippen LogP contribution is 2.36. The van der Waals surface area contributed by atoms with Crippen LogP contribution in [0.4, 0.5) is 0 Å². The van der Waals surface area contributed by atoms with Crippen LogP contribution in [0.25, 0.3) is 0 Å². The van der Waals surface area contributed by atoms with Crippen LogP contribution < -0.4 is 0 Å². The van der Waals surface area contributed by atoms with Crippen molar-refractivity contribution in [3.8, 4) is 0 Å². The Morgan fingerprint density at radius 1 is 1.47 bits per heavy atom. The predicted molar refractivity (Wildman–Crippen MR) is 62.6 cm³/mol. The van der Waals surface area contributed by atoms with Crippen LogP contribution in [0.2, 0.25) is 0 Å². The number of hydrogen-bond acceptors (Lipinski definition) is 3. The molecule has 1 N–H and O–H groups in total. The first-order valence-electron chi connectivity index (χ1n) is 6.27. The number of nitrogens with zero attached hydrogens (tertiary/aromatic N) is 2. The Balaban J connectivity index is 2.20. The zero-order valence-corrected chi connectivity index (χ0v) is 10.5. The van der Waals surface area contributed by atoms with E-state index in [2.05, 4.69) is 4.90 Å². The topological polar surface area (TPSA) is 60.9 Å². The van der Waals surface area contributed by atoms with E-state index in [1.165, 1.54) is 24.7 Å². The molecule has 1 amide bonds. The summed E-state index contributed by atoms with van der Waals surface area (Å²) in [5.74, 6) is -1.01. The van der Waals surface area contributed by atoms with Gasteiger partial charge in [-0.1, -0.05) is 0 Å². The third-order valence-electron chi connectivity index (χ3n) is 3.95. The minimum absolute atomic E-state index is 0.146. The van der Waals surface area contributed by atoms with Crippen molar-refractivity contribution in [1.29, 1.82) is 0 Å². The van der Waals surface area contributed by atoms with Crippen molar-refractivity contribution in [2.75, 3.05) is 19.6 Å². The van der Waals surface area contributed by atoms with Crippen molar-refractivity contribution in [1.82, 2.24) is 9.80 Å². The summed E-state index contributed by atoms with van der Waals surface area (Å²) >= 11 is 0. The monoisotopic (exact) mass is 240 g/mol. The number of rotatable bonds is 4. The van der Waals surface area contributed by atoms with Crippen LogP contribution in [-0.4, -0.2) is 58.0 Å². The second kappa shape index (κ2) is 4.29. The lowest BCUT2D eigenvalue weighted by Crippen LogP contribution is -2.58. The molecule has 17 heavy (non-hydrogen) atoms. The van der Waals surface area contributed by atoms with E-state index in [-0.39, 0.29) is 5.91 Å². The van der Waals surface area contributed by atoms with Gasteiger partial charge in [0.2, 0.25) is 5.91 Å². The standard InChI is InChI=1S/C12H20N2O3/c1-3-14(9(2)15)12(11(16)17)6-7-13(8-12)10-4-5-10/h10H,3-8H2,1-2H3,(H,16,17). The highest BCUT2D eigenvalue weighted by molar-refractivity contribution is 5.86. The third-order valence-corrected chi connectivity index (χ3v) is 3.95. The van der Waals surface area contributed by atoms with Crippen LogP contribution in [0.5, 0.6) is 0 Å². The Labute approximate surface area is 101 Å². The smallest absolute Gasteiger partial charge is 0.331 e. The lowest BCUT2D eigenvalue weighted by molar-refractivity contribution is -0.157. The molecule has 2 rings (SSSR count). The Morgan fingerprint density at radius 3 is 2.53 bits per heavy atom. The van der Waals surface area contributed by atoms with Crippen LogP contribution in [0.3, 0.4) is 0 Å². The van der Waals surface area contributed by atoms with Gasteiger partial charge in [-0.15, -0.1) is 0 Å². The number of aliphatic carboxylic acids is 1. The second-order valence-corrected chi connectivity index (χ2v) is 5.05. The van der Waals surface area contributed by atoms with Crippen molar-refractivity contribution >= 4 is 11.9 Å². The van der Waals surface area contributed by atoms with Gasteiger partial charge in [-0.25, -0.2) is 4.79 Å². The van der Waals surface area contributed by atoms with E-state index in [1.807, 2.05) is 6.92 Å². The first kappa shape index (κ1) is 12.4. The van der Waals surface area contributed by atoms with Gasteiger partial charge in [-0.05, 0) is 26.2 Å². The van der Waals surface area contributed by atoms with Crippen molar-refractivity contribution in [2.24, 2.45) is 0 Å².